The van der Waals surface area contributed by atoms with Crippen molar-refractivity contribution in [3.05, 3.63) is 58.6 Å². The summed E-state index contributed by atoms with van der Waals surface area (Å²) in [5.74, 6) is -0.0527. The molecular formula is C17H16ClN3O4S. The molecule has 0 aliphatic rings. The predicted octanol–water partition coefficient (Wildman–Crippen LogP) is 2.31. The van der Waals surface area contributed by atoms with Crippen LogP contribution in [0.25, 0.3) is 0 Å². The Bertz CT molecular complexity index is 845. The number of methoxy groups -OCH3 is 2. The van der Waals surface area contributed by atoms with Gasteiger partial charge in [0.2, 0.25) is 0 Å². The molecule has 0 radical (unpaired) electrons. The second-order valence-electron chi connectivity index (χ2n) is 4.91. The van der Waals surface area contributed by atoms with Gasteiger partial charge in [0.25, 0.3) is 11.8 Å². The zero-order valence-corrected chi connectivity index (χ0v) is 15.5. The van der Waals surface area contributed by atoms with Crippen LogP contribution in [0.15, 0.2) is 42.5 Å². The second kappa shape index (κ2) is 9.02. The van der Waals surface area contributed by atoms with Gasteiger partial charge in [0.15, 0.2) is 16.6 Å². The molecule has 26 heavy (non-hydrogen) atoms. The SMILES string of the molecule is COc1ccc(C(=O)NNC(=S)NC(=O)c2ccccc2Cl)cc1OC. The number of carbonyl (C=O) groups is 2. The maximum atomic E-state index is 12.2. The third-order valence-corrected chi connectivity index (χ3v) is 3.81. The Hall–Kier alpha value is -2.84. The molecule has 7 nitrogen and oxygen atoms in total. The first-order valence-corrected chi connectivity index (χ1v) is 8.13. The van der Waals surface area contributed by atoms with Crippen molar-refractivity contribution < 1.29 is 19.1 Å². The lowest BCUT2D eigenvalue weighted by Gasteiger charge is -2.12. The Morgan fingerprint density at radius 2 is 1.65 bits per heavy atom. The van der Waals surface area contributed by atoms with Crippen molar-refractivity contribution in [2.45, 2.75) is 0 Å². The van der Waals surface area contributed by atoms with E-state index in [9.17, 15) is 9.59 Å². The molecule has 136 valence electrons. The number of hydrazine groups is 1. The Balaban J connectivity index is 1.94. The van der Waals surface area contributed by atoms with Crippen LogP contribution >= 0.6 is 23.8 Å². The normalized spacial score (nSPS) is 9.81. The molecule has 0 aliphatic heterocycles. The Kier molecular flexibility index (Phi) is 6.76. The number of thiocarbonyl (C=S) groups is 1. The molecule has 0 saturated heterocycles. The quantitative estimate of drug-likeness (QED) is 0.545. The number of halogens is 1. The average molecular weight is 394 g/mol. The molecule has 3 N–H and O–H groups in total. The molecular weight excluding hydrogens is 378 g/mol. The number of hydrogen-bond acceptors (Lipinski definition) is 5. The highest BCUT2D eigenvalue weighted by Gasteiger charge is 2.13. The van der Waals surface area contributed by atoms with Crippen molar-refractivity contribution in [2.75, 3.05) is 14.2 Å². The van der Waals surface area contributed by atoms with Gasteiger partial charge in [-0.1, -0.05) is 23.7 Å². The van der Waals surface area contributed by atoms with Gasteiger partial charge in [-0.25, -0.2) is 0 Å². The van der Waals surface area contributed by atoms with Crippen LogP contribution in [-0.2, 0) is 0 Å². The molecule has 0 atom stereocenters. The van der Waals surface area contributed by atoms with Crippen LogP contribution in [0.5, 0.6) is 11.5 Å². The molecule has 0 saturated carbocycles. The van der Waals surface area contributed by atoms with Gasteiger partial charge in [0.05, 0.1) is 24.8 Å². The predicted molar refractivity (Wildman–Crippen MR) is 102 cm³/mol. The van der Waals surface area contributed by atoms with Crippen molar-refractivity contribution in [3.8, 4) is 11.5 Å². The van der Waals surface area contributed by atoms with Crippen LogP contribution < -0.4 is 25.6 Å². The van der Waals surface area contributed by atoms with Crippen molar-refractivity contribution in [2.24, 2.45) is 0 Å². The van der Waals surface area contributed by atoms with Crippen LogP contribution in [0, 0.1) is 0 Å². The molecule has 2 rings (SSSR count). The van der Waals surface area contributed by atoms with Gasteiger partial charge in [0.1, 0.15) is 0 Å². The van der Waals surface area contributed by atoms with Crippen molar-refractivity contribution in [1.29, 1.82) is 0 Å². The van der Waals surface area contributed by atoms with E-state index in [0.717, 1.165) is 0 Å². The lowest BCUT2D eigenvalue weighted by molar-refractivity contribution is 0.0934. The van der Waals surface area contributed by atoms with E-state index in [1.165, 1.54) is 20.3 Å². The summed E-state index contributed by atoms with van der Waals surface area (Å²) in [7, 11) is 2.97. The summed E-state index contributed by atoms with van der Waals surface area (Å²) in [6, 6.07) is 11.2. The van der Waals surface area contributed by atoms with Crippen LogP contribution in [0.2, 0.25) is 5.02 Å². The Morgan fingerprint density at radius 1 is 0.962 bits per heavy atom. The van der Waals surface area contributed by atoms with Gasteiger partial charge < -0.3 is 9.47 Å². The minimum Gasteiger partial charge on any atom is -0.493 e. The number of amides is 2. The molecule has 0 fully saturated rings. The van der Waals surface area contributed by atoms with E-state index in [2.05, 4.69) is 16.2 Å². The molecule has 2 amide bonds. The first-order chi connectivity index (χ1) is 12.5. The standard InChI is InChI=1S/C17H16ClN3O4S/c1-24-13-8-7-10(9-14(13)25-2)15(22)20-21-17(26)19-16(23)11-5-3-4-6-12(11)18/h3-9H,1-2H3,(H,20,22)(H2,19,21,23,26). The monoisotopic (exact) mass is 393 g/mol. The number of hydrogen-bond donors (Lipinski definition) is 3. The van der Waals surface area contributed by atoms with Gasteiger partial charge >= 0.3 is 0 Å². The molecule has 0 unspecified atom stereocenters. The van der Waals surface area contributed by atoms with Gasteiger partial charge in [-0.2, -0.15) is 0 Å². The summed E-state index contributed by atoms with van der Waals surface area (Å²) in [4.78, 5) is 24.2. The van der Waals surface area contributed by atoms with Crippen molar-refractivity contribution in [1.82, 2.24) is 16.2 Å². The number of rotatable bonds is 4. The number of nitrogens with one attached hydrogen (secondary N) is 3. The first-order valence-electron chi connectivity index (χ1n) is 7.34. The summed E-state index contributed by atoms with van der Waals surface area (Å²) >= 11 is 10.9. The summed E-state index contributed by atoms with van der Waals surface area (Å²) in [5, 5.41) is 2.64. The molecule has 0 bridgehead atoms. The fourth-order valence-corrected chi connectivity index (χ4v) is 2.38. The number of benzene rings is 2. The average Bonchev–Trinajstić information content (AvgIpc) is 2.65. The third kappa shape index (κ3) is 4.84. The maximum absolute atomic E-state index is 12.2. The molecule has 0 heterocycles. The van der Waals surface area contributed by atoms with Crippen molar-refractivity contribution in [3.63, 3.8) is 0 Å². The highest BCUT2D eigenvalue weighted by atomic mass is 35.5. The van der Waals surface area contributed by atoms with Gasteiger partial charge in [-0.15, -0.1) is 0 Å². The zero-order valence-electron chi connectivity index (χ0n) is 14.0. The summed E-state index contributed by atoms with van der Waals surface area (Å²) in [6.45, 7) is 0. The molecule has 0 aliphatic carbocycles. The maximum Gasteiger partial charge on any atom is 0.269 e. The van der Waals surface area contributed by atoms with Crippen molar-refractivity contribution >= 4 is 40.7 Å². The van der Waals surface area contributed by atoms with E-state index in [4.69, 9.17) is 33.3 Å². The van der Waals surface area contributed by atoms with E-state index in [1.807, 2.05) is 0 Å². The highest BCUT2D eigenvalue weighted by Crippen LogP contribution is 2.27. The van der Waals surface area contributed by atoms with E-state index >= 15 is 0 Å². The topological polar surface area (TPSA) is 88.7 Å². The van der Waals surface area contributed by atoms with Gasteiger partial charge in [0, 0.05) is 5.56 Å². The largest absolute Gasteiger partial charge is 0.493 e. The van der Waals surface area contributed by atoms with Crippen LogP contribution in [-0.4, -0.2) is 31.1 Å². The summed E-state index contributed by atoms with van der Waals surface area (Å²) < 4.78 is 10.3. The van der Waals surface area contributed by atoms with Crippen LogP contribution in [0.1, 0.15) is 20.7 Å². The molecule has 2 aromatic carbocycles. The summed E-state index contributed by atoms with van der Waals surface area (Å²) in [6.07, 6.45) is 0. The Labute approximate surface area is 160 Å². The number of ether oxygens (including phenoxy) is 2. The van der Waals surface area contributed by atoms with Gasteiger partial charge in [-0.05, 0) is 42.5 Å². The lowest BCUT2D eigenvalue weighted by Crippen LogP contribution is -2.48. The minimum atomic E-state index is -0.492. The lowest BCUT2D eigenvalue weighted by atomic mass is 10.2. The third-order valence-electron chi connectivity index (χ3n) is 3.28. The van der Waals surface area contributed by atoms with E-state index in [0.29, 0.717) is 22.1 Å². The van der Waals surface area contributed by atoms with Crippen LogP contribution in [0.3, 0.4) is 0 Å². The smallest absolute Gasteiger partial charge is 0.269 e. The number of carbonyl (C=O) groups excluding carboxylic acids is 2. The first kappa shape index (κ1) is 19.5. The van der Waals surface area contributed by atoms with Crippen LogP contribution in [0.4, 0.5) is 0 Å². The minimum absolute atomic E-state index is 0.0799. The molecule has 2 aromatic rings. The van der Waals surface area contributed by atoms with E-state index < -0.39 is 11.8 Å². The van der Waals surface area contributed by atoms with Gasteiger partial charge in [-0.3, -0.25) is 25.8 Å². The van der Waals surface area contributed by atoms with E-state index in [-0.39, 0.29) is 10.7 Å². The van der Waals surface area contributed by atoms with E-state index in [1.54, 1.807) is 36.4 Å². The molecule has 9 heteroatoms. The summed E-state index contributed by atoms with van der Waals surface area (Å²) in [5.41, 5.74) is 5.42. The molecule has 0 spiro atoms. The zero-order chi connectivity index (χ0) is 19.1. The second-order valence-corrected chi connectivity index (χ2v) is 5.73. The fourth-order valence-electron chi connectivity index (χ4n) is 2.01. The fraction of sp³-hybridized carbons (Fsp3) is 0.118. The Morgan fingerprint density at radius 3 is 2.31 bits per heavy atom. The molecule has 0 aromatic heterocycles. The highest BCUT2D eigenvalue weighted by molar-refractivity contribution is 7.80.